The first kappa shape index (κ1) is 22.3. The minimum absolute atomic E-state index is 0.217. The SMILES string of the molecule is CCCCCCCCCCCCCC(=O)Nc1c2c(nc3c1CCC3)CCCC2. The van der Waals surface area contributed by atoms with Gasteiger partial charge < -0.3 is 5.32 Å². The van der Waals surface area contributed by atoms with Crippen LogP contribution in [0, 0.1) is 0 Å². The van der Waals surface area contributed by atoms with Crippen LogP contribution < -0.4 is 5.32 Å². The number of nitrogens with zero attached hydrogens (tertiary/aromatic N) is 1. The van der Waals surface area contributed by atoms with Gasteiger partial charge in [0.25, 0.3) is 0 Å². The minimum atomic E-state index is 0.217. The molecule has 3 nitrogen and oxygen atoms in total. The Morgan fingerprint density at radius 2 is 1.24 bits per heavy atom. The van der Waals surface area contributed by atoms with Crippen molar-refractivity contribution in [2.45, 2.75) is 129 Å². The molecule has 0 unspecified atom stereocenters. The molecule has 2 aliphatic carbocycles. The smallest absolute Gasteiger partial charge is 0.224 e. The lowest BCUT2D eigenvalue weighted by Crippen LogP contribution is -2.18. The molecule has 1 heterocycles. The highest BCUT2D eigenvalue weighted by Gasteiger charge is 2.25. The van der Waals surface area contributed by atoms with E-state index < -0.39 is 0 Å². The van der Waals surface area contributed by atoms with Crippen molar-refractivity contribution in [1.82, 2.24) is 4.98 Å². The van der Waals surface area contributed by atoms with E-state index in [1.165, 1.54) is 106 Å². The third-order valence-electron chi connectivity index (χ3n) is 6.77. The fourth-order valence-corrected chi connectivity index (χ4v) is 5.05. The molecule has 0 saturated heterocycles. The van der Waals surface area contributed by atoms with Crippen LogP contribution in [0.15, 0.2) is 0 Å². The Morgan fingerprint density at radius 1 is 0.724 bits per heavy atom. The zero-order chi connectivity index (χ0) is 20.3. The van der Waals surface area contributed by atoms with Crippen molar-refractivity contribution in [2.24, 2.45) is 0 Å². The van der Waals surface area contributed by atoms with Gasteiger partial charge >= 0.3 is 0 Å². The topological polar surface area (TPSA) is 42.0 Å². The number of aryl methyl sites for hydroxylation is 2. The van der Waals surface area contributed by atoms with Crippen LogP contribution in [0.25, 0.3) is 0 Å². The molecule has 29 heavy (non-hydrogen) atoms. The summed E-state index contributed by atoms with van der Waals surface area (Å²) in [5.74, 6) is 0.217. The van der Waals surface area contributed by atoms with Crippen LogP contribution in [-0.2, 0) is 30.5 Å². The summed E-state index contributed by atoms with van der Waals surface area (Å²) in [5.41, 5.74) is 6.38. The Hall–Kier alpha value is -1.38. The Balaban J connectivity index is 1.34. The molecule has 0 aromatic carbocycles. The molecule has 1 aromatic rings. The molecule has 0 saturated carbocycles. The maximum Gasteiger partial charge on any atom is 0.224 e. The summed E-state index contributed by atoms with van der Waals surface area (Å²) < 4.78 is 0. The van der Waals surface area contributed by atoms with Gasteiger partial charge in [0.1, 0.15) is 0 Å². The summed E-state index contributed by atoms with van der Waals surface area (Å²) in [6.45, 7) is 2.28. The number of hydrogen-bond acceptors (Lipinski definition) is 2. The van der Waals surface area contributed by atoms with E-state index in [4.69, 9.17) is 4.98 Å². The third kappa shape index (κ3) is 6.83. The van der Waals surface area contributed by atoms with E-state index in [0.717, 1.165) is 37.8 Å². The van der Waals surface area contributed by atoms with Crippen molar-refractivity contribution in [3.8, 4) is 0 Å². The third-order valence-corrected chi connectivity index (χ3v) is 6.77. The lowest BCUT2D eigenvalue weighted by molar-refractivity contribution is -0.116. The molecular weight excluding hydrogens is 356 g/mol. The van der Waals surface area contributed by atoms with Crippen molar-refractivity contribution in [1.29, 1.82) is 0 Å². The van der Waals surface area contributed by atoms with Gasteiger partial charge in [0.2, 0.25) is 5.91 Å². The van der Waals surface area contributed by atoms with Crippen molar-refractivity contribution in [2.75, 3.05) is 5.32 Å². The Morgan fingerprint density at radius 3 is 1.90 bits per heavy atom. The summed E-state index contributed by atoms with van der Waals surface area (Å²) >= 11 is 0. The lowest BCUT2D eigenvalue weighted by Gasteiger charge is -2.22. The van der Waals surface area contributed by atoms with Crippen molar-refractivity contribution in [3.05, 3.63) is 22.5 Å². The molecule has 0 bridgehead atoms. The number of nitrogens with one attached hydrogen (secondary N) is 1. The van der Waals surface area contributed by atoms with Crippen LogP contribution in [0.4, 0.5) is 5.69 Å². The maximum absolute atomic E-state index is 12.6. The summed E-state index contributed by atoms with van der Waals surface area (Å²) in [6, 6.07) is 0. The average Bonchev–Trinajstić information content (AvgIpc) is 3.20. The van der Waals surface area contributed by atoms with E-state index in [0.29, 0.717) is 6.42 Å². The number of aromatic nitrogens is 1. The number of carbonyl (C=O) groups excluding carboxylic acids is 1. The van der Waals surface area contributed by atoms with Gasteiger partial charge in [0.15, 0.2) is 0 Å². The Kier molecular flexibility index (Phi) is 9.50. The van der Waals surface area contributed by atoms with E-state index in [1.807, 2.05) is 0 Å². The van der Waals surface area contributed by atoms with E-state index in [2.05, 4.69) is 12.2 Å². The first-order valence-corrected chi connectivity index (χ1v) is 12.6. The molecule has 1 aromatic heterocycles. The van der Waals surface area contributed by atoms with Gasteiger partial charge in [-0.1, -0.05) is 71.1 Å². The first-order chi connectivity index (χ1) is 14.3. The molecular formula is C26H42N2O. The molecule has 0 radical (unpaired) electrons. The van der Waals surface area contributed by atoms with Crippen molar-refractivity contribution >= 4 is 11.6 Å². The minimum Gasteiger partial charge on any atom is -0.325 e. The normalized spacial score (nSPS) is 15.2. The standard InChI is InChI=1S/C26H42N2O/c1-2-3-4-5-6-7-8-9-10-11-12-20-25(29)28-26-21-16-13-14-18-23(21)27-24-19-15-17-22(24)26/h2-20H2,1H3,(H,27,28,29). The zero-order valence-corrected chi connectivity index (χ0v) is 18.8. The van der Waals surface area contributed by atoms with Gasteiger partial charge in [0, 0.05) is 17.8 Å². The van der Waals surface area contributed by atoms with Crippen molar-refractivity contribution in [3.63, 3.8) is 0 Å². The van der Waals surface area contributed by atoms with Crippen LogP contribution in [0.2, 0.25) is 0 Å². The molecule has 1 N–H and O–H groups in total. The highest BCUT2D eigenvalue weighted by molar-refractivity contribution is 5.92. The number of unbranched alkanes of at least 4 members (excludes halogenated alkanes) is 10. The van der Waals surface area contributed by atoms with E-state index in [-0.39, 0.29) is 5.91 Å². The second kappa shape index (κ2) is 12.3. The predicted molar refractivity (Wildman–Crippen MR) is 123 cm³/mol. The van der Waals surface area contributed by atoms with E-state index >= 15 is 0 Å². The summed E-state index contributed by atoms with van der Waals surface area (Å²) in [4.78, 5) is 17.6. The monoisotopic (exact) mass is 398 g/mol. The fraction of sp³-hybridized carbons (Fsp3) is 0.769. The molecule has 1 amide bonds. The molecule has 2 aliphatic rings. The van der Waals surface area contributed by atoms with Gasteiger partial charge in [-0.15, -0.1) is 0 Å². The first-order valence-electron chi connectivity index (χ1n) is 12.6. The predicted octanol–water partition coefficient (Wildman–Crippen LogP) is 7.09. The van der Waals surface area contributed by atoms with Gasteiger partial charge in [0.05, 0.1) is 5.69 Å². The van der Waals surface area contributed by atoms with Crippen LogP contribution in [-0.4, -0.2) is 10.9 Å². The van der Waals surface area contributed by atoms with Gasteiger partial charge in [-0.3, -0.25) is 9.78 Å². The summed E-state index contributed by atoms with van der Waals surface area (Å²) in [7, 11) is 0. The molecule has 3 rings (SSSR count). The molecule has 0 spiro atoms. The largest absolute Gasteiger partial charge is 0.325 e. The van der Waals surface area contributed by atoms with Crippen LogP contribution in [0.5, 0.6) is 0 Å². The summed E-state index contributed by atoms with van der Waals surface area (Å²) in [6.07, 6.45) is 23.2. The molecule has 0 aliphatic heterocycles. The molecule has 0 atom stereocenters. The maximum atomic E-state index is 12.6. The van der Waals surface area contributed by atoms with E-state index in [9.17, 15) is 4.79 Å². The van der Waals surface area contributed by atoms with Gasteiger partial charge in [-0.25, -0.2) is 0 Å². The molecule has 0 fully saturated rings. The second-order valence-electron chi connectivity index (χ2n) is 9.23. The van der Waals surface area contributed by atoms with Crippen LogP contribution in [0.3, 0.4) is 0 Å². The lowest BCUT2D eigenvalue weighted by atomic mass is 9.92. The highest BCUT2D eigenvalue weighted by Crippen LogP contribution is 2.36. The average molecular weight is 399 g/mol. The molecule has 3 heteroatoms. The molecule has 162 valence electrons. The Labute approximate surface area is 178 Å². The zero-order valence-electron chi connectivity index (χ0n) is 18.8. The van der Waals surface area contributed by atoms with E-state index in [1.54, 1.807) is 0 Å². The number of pyridine rings is 1. The van der Waals surface area contributed by atoms with Gasteiger partial charge in [-0.05, 0) is 62.5 Å². The Bertz CT molecular complexity index is 653. The number of carbonyl (C=O) groups is 1. The van der Waals surface area contributed by atoms with Crippen molar-refractivity contribution < 1.29 is 4.79 Å². The number of rotatable bonds is 13. The van der Waals surface area contributed by atoms with Crippen LogP contribution >= 0.6 is 0 Å². The van der Waals surface area contributed by atoms with Crippen LogP contribution in [0.1, 0.15) is 126 Å². The summed E-state index contributed by atoms with van der Waals surface area (Å²) in [5, 5.41) is 3.33. The number of hydrogen-bond donors (Lipinski definition) is 1. The number of fused-ring (bicyclic) bond motifs is 2. The second-order valence-corrected chi connectivity index (χ2v) is 9.23. The highest BCUT2D eigenvalue weighted by atomic mass is 16.1. The van der Waals surface area contributed by atoms with Gasteiger partial charge in [-0.2, -0.15) is 0 Å². The fourth-order valence-electron chi connectivity index (χ4n) is 5.05. The number of amides is 1. The number of anilines is 1. The quantitative estimate of drug-likeness (QED) is 0.360.